The highest BCUT2D eigenvalue weighted by Gasteiger charge is 2.34. The number of nitro groups is 1. The van der Waals surface area contributed by atoms with E-state index >= 15 is 0 Å². The number of nitro benzene ring substituents is 1. The number of benzene rings is 1. The molecule has 178 valence electrons. The monoisotopic (exact) mass is 519 g/mol. The summed E-state index contributed by atoms with van der Waals surface area (Å²) >= 11 is 0. The number of nitrogens with zero attached hydrogens (tertiary/aromatic N) is 3. The lowest BCUT2D eigenvalue weighted by Gasteiger charge is -2.41. The summed E-state index contributed by atoms with van der Waals surface area (Å²) in [6.07, 6.45) is 9.14. The highest BCUT2D eigenvalue weighted by Crippen LogP contribution is 2.21. The summed E-state index contributed by atoms with van der Waals surface area (Å²) in [5, 5.41) is 11.0. The zero-order valence-corrected chi connectivity index (χ0v) is 21.4. The maximum absolute atomic E-state index is 12.7. The number of halogens is 1. The number of unbranched alkanes of at least 4 members (excludes halogenated alkanes) is 7. The summed E-state index contributed by atoms with van der Waals surface area (Å²) < 4.78 is 27.7. The van der Waals surface area contributed by atoms with Crippen molar-refractivity contribution in [3.05, 3.63) is 39.9 Å². The maximum Gasteiger partial charge on any atom is 0.269 e. The van der Waals surface area contributed by atoms with Gasteiger partial charge in [0.15, 0.2) is 0 Å². The van der Waals surface area contributed by atoms with E-state index in [2.05, 4.69) is 14.0 Å². The minimum Gasteiger partial charge on any atom is -1.00 e. The molecule has 0 N–H and O–H groups in total. The van der Waals surface area contributed by atoms with Crippen LogP contribution in [0.15, 0.2) is 24.3 Å². The number of sulfonamides is 1. The summed E-state index contributed by atoms with van der Waals surface area (Å²) in [5.74, 6) is 0.247. The Morgan fingerprint density at radius 3 is 2.19 bits per heavy atom. The fourth-order valence-corrected chi connectivity index (χ4v) is 5.67. The van der Waals surface area contributed by atoms with Crippen LogP contribution in [-0.4, -0.2) is 61.1 Å². The summed E-state index contributed by atoms with van der Waals surface area (Å²) in [7, 11) is -1.09. The van der Waals surface area contributed by atoms with Crippen molar-refractivity contribution in [1.29, 1.82) is 0 Å². The van der Waals surface area contributed by atoms with E-state index in [1.807, 2.05) is 6.07 Å². The molecule has 0 bridgehead atoms. The second-order valence-electron chi connectivity index (χ2n) is 8.84. The van der Waals surface area contributed by atoms with Crippen LogP contribution in [0.1, 0.15) is 63.9 Å². The summed E-state index contributed by atoms with van der Waals surface area (Å²) in [4.78, 5) is 10.6. The van der Waals surface area contributed by atoms with E-state index in [4.69, 9.17) is 0 Å². The predicted octanol–water partition coefficient (Wildman–Crippen LogP) is 1.33. The van der Waals surface area contributed by atoms with Gasteiger partial charge in [0.2, 0.25) is 10.0 Å². The van der Waals surface area contributed by atoms with Gasteiger partial charge in [-0.15, -0.1) is 0 Å². The number of hydrogen-bond donors (Lipinski definition) is 0. The van der Waals surface area contributed by atoms with Crippen molar-refractivity contribution in [2.75, 3.05) is 39.0 Å². The van der Waals surface area contributed by atoms with Crippen molar-refractivity contribution in [2.45, 2.75) is 64.8 Å². The third-order valence-corrected chi connectivity index (χ3v) is 8.07. The van der Waals surface area contributed by atoms with Crippen LogP contribution < -0.4 is 17.0 Å². The van der Waals surface area contributed by atoms with Gasteiger partial charge in [0.05, 0.1) is 43.9 Å². The number of likely N-dealkylation sites (N-methyl/N-ethyl adjacent to an activating group) is 1. The SMILES string of the molecule is CCCCCCCCCCS(=O)(=O)N1CC[N+](C)(Cc2cccc([N+](=O)[O-])c2)CC1.[Br-]. The molecule has 0 radical (unpaired) electrons. The lowest BCUT2D eigenvalue weighted by molar-refractivity contribution is -0.925. The van der Waals surface area contributed by atoms with Crippen LogP contribution in [0.5, 0.6) is 0 Å². The molecule has 1 aromatic carbocycles. The fraction of sp³-hybridized carbons (Fsp3) is 0.727. The van der Waals surface area contributed by atoms with Crippen molar-refractivity contribution in [2.24, 2.45) is 0 Å². The van der Waals surface area contributed by atoms with Crippen LogP contribution in [0.3, 0.4) is 0 Å². The quantitative estimate of drug-likeness (QED) is 0.170. The Hall–Kier alpha value is -1.03. The van der Waals surface area contributed by atoms with Gasteiger partial charge in [-0.05, 0) is 6.42 Å². The van der Waals surface area contributed by atoms with Crippen LogP contribution >= 0.6 is 0 Å². The molecular formula is C22H38BrN3O4S. The average Bonchev–Trinajstić information content (AvgIpc) is 2.70. The zero-order chi connectivity index (χ0) is 22.0. The molecule has 0 aliphatic carbocycles. The van der Waals surface area contributed by atoms with Gasteiger partial charge in [-0.25, -0.2) is 8.42 Å². The Kier molecular flexibility index (Phi) is 12.2. The summed E-state index contributed by atoms with van der Waals surface area (Å²) in [5.41, 5.74) is 1.02. The van der Waals surface area contributed by atoms with E-state index in [1.165, 1.54) is 38.2 Å². The molecule has 1 aromatic rings. The Labute approximate surface area is 198 Å². The number of non-ortho nitro benzene ring substituents is 1. The second kappa shape index (κ2) is 13.5. The van der Waals surface area contributed by atoms with Gasteiger partial charge in [-0.3, -0.25) is 10.1 Å². The normalized spacial score (nSPS) is 16.6. The molecule has 0 saturated carbocycles. The van der Waals surface area contributed by atoms with Gasteiger partial charge in [0.1, 0.15) is 6.54 Å². The van der Waals surface area contributed by atoms with Gasteiger partial charge in [0, 0.05) is 17.7 Å². The Balaban J connectivity index is 0.00000480. The molecule has 1 heterocycles. The van der Waals surface area contributed by atoms with E-state index in [-0.39, 0.29) is 33.3 Å². The van der Waals surface area contributed by atoms with Gasteiger partial charge in [-0.2, -0.15) is 4.31 Å². The van der Waals surface area contributed by atoms with Crippen LogP contribution in [0.2, 0.25) is 0 Å². The van der Waals surface area contributed by atoms with E-state index in [0.717, 1.165) is 37.9 Å². The number of hydrogen-bond acceptors (Lipinski definition) is 4. The topological polar surface area (TPSA) is 80.5 Å². The highest BCUT2D eigenvalue weighted by atomic mass is 79.9. The van der Waals surface area contributed by atoms with Crippen molar-refractivity contribution < 1.29 is 34.8 Å². The first kappa shape index (κ1) is 28.0. The first-order chi connectivity index (χ1) is 14.3. The Bertz CT molecular complexity index is 781. The Morgan fingerprint density at radius 1 is 1.03 bits per heavy atom. The first-order valence-corrected chi connectivity index (χ1v) is 12.9. The van der Waals surface area contributed by atoms with Crippen LogP contribution in [0.25, 0.3) is 0 Å². The number of rotatable bonds is 13. The van der Waals surface area contributed by atoms with Crippen molar-refractivity contribution >= 4 is 15.7 Å². The first-order valence-electron chi connectivity index (χ1n) is 11.3. The predicted molar refractivity (Wildman–Crippen MR) is 121 cm³/mol. The summed E-state index contributed by atoms with van der Waals surface area (Å²) in [6.45, 7) is 5.36. The lowest BCUT2D eigenvalue weighted by atomic mass is 10.1. The van der Waals surface area contributed by atoms with Crippen LogP contribution in [0, 0.1) is 10.1 Å². The molecule has 9 heteroatoms. The molecule has 2 rings (SSSR count). The van der Waals surface area contributed by atoms with Gasteiger partial charge in [0.25, 0.3) is 5.69 Å². The molecule has 0 atom stereocenters. The highest BCUT2D eigenvalue weighted by molar-refractivity contribution is 7.89. The summed E-state index contributed by atoms with van der Waals surface area (Å²) in [6, 6.07) is 6.74. The second-order valence-corrected chi connectivity index (χ2v) is 10.9. The minimum absolute atomic E-state index is 0. The lowest BCUT2D eigenvalue weighted by Crippen LogP contribution is -3.00. The van der Waals surface area contributed by atoms with E-state index in [1.54, 1.807) is 16.4 Å². The largest absolute Gasteiger partial charge is 1.00 e. The van der Waals surface area contributed by atoms with Crippen LogP contribution in [-0.2, 0) is 16.6 Å². The van der Waals surface area contributed by atoms with E-state index < -0.39 is 10.0 Å². The third kappa shape index (κ3) is 9.55. The van der Waals surface area contributed by atoms with Crippen molar-refractivity contribution in [1.82, 2.24) is 4.31 Å². The Morgan fingerprint density at radius 2 is 1.61 bits per heavy atom. The van der Waals surface area contributed by atoms with E-state index in [0.29, 0.717) is 24.1 Å². The molecule has 1 aliphatic heterocycles. The number of quaternary nitrogens is 1. The molecule has 0 spiro atoms. The van der Waals surface area contributed by atoms with Gasteiger partial charge in [-0.1, -0.05) is 64.0 Å². The molecule has 1 saturated heterocycles. The maximum atomic E-state index is 12.7. The van der Waals surface area contributed by atoms with Crippen molar-refractivity contribution in [3.8, 4) is 0 Å². The molecule has 1 aliphatic rings. The van der Waals surface area contributed by atoms with Gasteiger partial charge < -0.3 is 21.5 Å². The smallest absolute Gasteiger partial charge is 0.269 e. The van der Waals surface area contributed by atoms with Crippen LogP contribution in [0.4, 0.5) is 5.69 Å². The third-order valence-electron chi connectivity index (χ3n) is 6.11. The fourth-order valence-electron chi connectivity index (χ4n) is 4.12. The van der Waals surface area contributed by atoms with Crippen molar-refractivity contribution in [3.63, 3.8) is 0 Å². The molecule has 0 amide bonds. The number of piperazine rings is 1. The molecule has 7 nitrogen and oxygen atoms in total. The average molecular weight is 521 g/mol. The molecule has 0 unspecified atom stereocenters. The zero-order valence-electron chi connectivity index (χ0n) is 19.0. The van der Waals surface area contributed by atoms with Gasteiger partial charge >= 0.3 is 0 Å². The standard InChI is InChI=1S/C22H38N3O4S.BrH/c1-3-4-5-6-7-8-9-10-18-30(28,29)23-14-16-25(2,17-15-23)20-21-12-11-13-22(19-21)24(26)27;/h11-13,19H,3-10,14-18,20H2,1-2H3;1H/q+1;/p-1. The van der Waals surface area contributed by atoms with E-state index in [9.17, 15) is 18.5 Å². The molecule has 31 heavy (non-hydrogen) atoms. The molecule has 0 aromatic heterocycles. The minimum atomic E-state index is -3.19. The molecular weight excluding hydrogens is 482 g/mol. The molecule has 1 fully saturated rings.